The third kappa shape index (κ3) is 6.15. The fraction of sp³-hybridized carbons (Fsp3) is 0.361. The molecule has 0 radical (unpaired) electrons. The summed E-state index contributed by atoms with van der Waals surface area (Å²) in [5, 5.41) is 4.82. The second-order valence-electron chi connectivity index (χ2n) is 13.1. The van der Waals surface area contributed by atoms with Crippen molar-refractivity contribution in [3.8, 4) is 0 Å². The summed E-state index contributed by atoms with van der Waals surface area (Å²) in [5.74, 6) is 0.0357. The zero-order valence-electron chi connectivity index (χ0n) is 26.7. The number of nitrogens with zero attached hydrogens (tertiary/aromatic N) is 4. The van der Waals surface area contributed by atoms with Gasteiger partial charge in [0.25, 0.3) is 0 Å². The Bertz CT molecular complexity index is 1990. The summed E-state index contributed by atoms with van der Waals surface area (Å²) in [7, 11) is 4.07. The van der Waals surface area contributed by atoms with Crippen molar-refractivity contribution in [2.24, 2.45) is 5.92 Å². The number of carbonyl (C=O) groups is 2. The van der Waals surface area contributed by atoms with E-state index < -0.39 is 6.04 Å². The SMILES string of the molecule is CN(C)C[C@H]1Cc2c(Cl)cccc2N(C(=O)[C@@H](Cc2c[nH]c3ccccc23)NC(=O)N2CCC(n3c(=O)[nH]c4ccccc43)CC2)C1. The van der Waals surface area contributed by atoms with Crippen LogP contribution in [0.1, 0.15) is 30.0 Å². The van der Waals surface area contributed by atoms with Crippen molar-refractivity contribution in [3.63, 3.8) is 0 Å². The van der Waals surface area contributed by atoms with Gasteiger partial charge in [0, 0.05) is 66.5 Å². The number of imidazole rings is 1. The van der Waals surface area contributed by atoms with Crippen molar-refractivity contribution in [2.75, 3.05) is 45.2 Å². The molecular formula is C36H40ClN7O3. The van der Waals surface area contributed by atoms with Crippen molar-refractivity contribution >= 4 is 51.2 Å². The second kappa shape index (κ2) is 12.9. The van der Waals surface area contributed by atoms with E-state index in [1.165, 1.54) is 0 Å². The number of amides is 3. The van der Waals surface area contributed by atoms with Gasteiger partial charge in [-0.3, -0.25) is 9.36 Å². The lowest BCUT2D eigenvalue weighted by Gasteiger charge is -2.38. The average molecular weight is 654 g/mol. The van der Waals surface area contributed by atoms with Crippen molar-refractivity contribution < 1.29 is 9.59 Å². The maximum Gasteiger partial charge on any atom is 0.326 e. The average Bonchev–Trinajstić information content (AvgIpc) is 3.63. The topological polar surface area (TPSA) is 109 Å². The van der Waals surface area contributed by atoms with Gasteiger partial charge in [0.15, 0.2) is 0 Å². The van der Waals surface area contributed by atoms with Crippen molar-refractivity contribution in [1.29, 1.82) is 0 Å². The molecule has 11 heteroatoms. The van der Waals surface area contributed by atoms with Crippen LogP contribution in [0.25, 0.3) is 21.9 Å². The number of halogens is 1. The van der Waals surface area contributed by atoms with Crippen molar-refractivity contribution in [2.45, 2.75) is 37.8 Å². The molecule has 2 aromatic heterocycles. The predicted octanol–water partition coefficient (Wildman–Crippen LogP) is 5.19. The Morgan fingerprint density at radius 1 is 1.00 bits per heavy atom. The highest BCUT2D eigenvalue weighted by Gasteiger charge is 2.36. The molecule has 47 heavy (non-hydrogen) atoms. The smallest absolute Gasteiger partial charge is 0.326 e. The molecule has 0 unspecified atom stereocenters. The third-order valence-electron chi connectivity index (χ3n) is 9.64. The Kier molecular flexibility index (Phi) is 8.55. The number of hydrogen-bond donors (Lipinski definition) is 3. The fourth-order valence-corrected chi connectivity index (χ4v) is 7.72. The molecule has 0 bridgehead atoms. The maximum atomic E-state index is 14.6. The Morgan fingerprint density at radius 3 is 2.53 bits per heavy atom. The van der Waals surface area contributed by atoms with E-state index in [0.29, 0.717) is 43.9 Å². The van der Waals surface area contributed by atoms with Crippen molar-refractivity contribution in [1.82, 2.24) is 29.7 Å². The van der Waals surface area contributed by atoms with Crippen LogP contribution in [0.15, 0.2) is 77.7 Å². The molecule has 5 aromatic rings. The monoisotopic (exact) mass is 653 g/mol. The summed E-state index contributed by atoms with van der Waals surface area (Å²) in [6, 6.07) is 20.3. The highest BCUT2D eigenvalue weighted by atomic mass is 35.5. The second-order valence-corrected chi connectivity index (χ2v) is 13.5. The molecule has 10 nitrogen and oxygen atoms in total. The van der Waals surface area contributed by atoms with Crippen LogP contribution < -0.4 is 15.9 Å². The van der Waals surface area contributed by atoms with Gasteiger partial charge in [-0.25, -0.2) is 9.59 Å². The Morgan fingerprint density at radius 2 is 1.74 bits per heavy atom. The molecule has 2 aliphatic rings. The van der Waals surface area contributed by atoms with Crippen LogP contribution in [0.5, 0.6) is 0 Å². The first-order chi connectivity index (χ1) is 22.8. The number of H-pyrrole nitrogens is 2. The highest BCUT2D eigenvalue weighted by Crippen LogP contribution is 2.36. The first-order valence-electron chi connectivity index (χ1n) is 16.3. The van der Waals surface area contributed by atoms with E-state index in [0.717, 1.165) is 51.7 Å². The quantitative estimate of drug-likeness (QED) is 0.225. The van der Waals surface area contributed by atoms with Crippen molar-refractivity contribution in [3.05, 3.63) is 99.6 Å². The largest absolute Gasteiger partial charge is 0.361 e. The predicted molar refractivity (Wildman–Crippen MR) is 186 cm³/mol. The molecule has 0 aliphatic carbocycles. The van der Waals surface area contributed by atoms with Gasteiger partial charge in [0.05, 0.1) is 11.0 Å². The molecular weight excluding hydrogens is 614 g/mol. The highest BCUT2D eigenvalue weighted by molar-refractivity contribution is 6.32. The number of piperidine rings is 1. The Labute approximate surface area is 278 Å². The van der Waals surface area contributed by atoms with Gasteiger partial charge < -0.3 is 30.0 Å². The lowest BCUT2D eigenvalue weighted by molar-refractivity contribution is -0.120. The number of hydrogen-bond acceptors (Lipinski definition) is 4. The number of aromatic amines is 2. The molecule has 0 spiro atoms. The summed E-state index contributed by atoms with van der Waals surface area (Å²) < 4.78 is 1.82. The number of nitrogens with one attached hydrogen (secondary N) is 3. The summed E-state index contributed by atoms with van der Waals surface area (Å²) in [5.41, 5.74) is 5.27. The van der Waals surface area contributed by atoms with Crippen LogP contribution in [0, 0.1) is 5.92 Å². The fourth-order valence-electron chi connectivity index (χ4n) is 7.47. The van der Waals surface area contributed by atoms with Crippen LogP contribution in [-0.4, -0.2) is 82.6 Å². The minimum absolute atomic E-state index is 0.0189. The molecule has 1 saturated heterocycles. The minimum Gasteiger partial charge on any atom is -0.361 e. The summed E-state index contributed by atoms with van der Waals surface area (Å²) >= 11 is 6.70. The van der Waals surface area contributed by atoms with Crippen LogP contribution >= 0.6 is 11.6 Å². The molecule has 4 heterocycles. The molecule has 2 atom stereocenters. The van der Waals surface area contributed by atoms with E-state index in [-0.39, 0.29) is 29.6 Å². The molecule has 1 fully saturated rings. The van der Waals surface area contributed by atoms with Gasteiger partial charge in [0.2, 0.25) is 5.91 Å². The lowest BCUT2D eigenvalue weighted by atomic mass is 9.91. The van der Waals surface area contributed by atoms with E-state index >= 15 is 0 Å². The third-order valence-corrected chi connectivity index (χ3v) is 10.00. The summed E-state index contributed by atoms with van der Waals surface area (Å²) in [4.78, 5) is 53.3. The van der Waals surface area contributed by atoms with E-state index in [2.05, 4.69) is 20.2 Å². The van der Waals surface area contributed by atoms with Gasteiger partial charge in [-0.1, -0.05) is 48.0 Å². The van der Waals surface area contributed by atoms with E-state index in [1.807, 2.05) is 96.5 Å². The summed E-state index contributed by atoms with van der Waals surface area (Å²) in [6.45, 7) is 2.30. The lowest BCUT2D eigenvalue weighted by Crippen LogP contribution is -2.56. The minimum atomic E-state index is -0.805. The number of carbonyl (C=O) groups excluding carboxylic acids is 2. The number of rotatable bonds is 7. The number of likely N-dealkylation sites (tertiary alicyclic amines) is 1. The van der Waals surface area contributed by atoms with E-state index in [9.17, 15) is 14.4 Å². The first kappa shape index (κ1) is 31.1. The van der Waals surface area contributed by atoms with Gasteiger partial charge in [-0.15, -0.1) is 0 Å². The number of anilines is 1. The van der Waals surface area contributed by atoms with Crippen LogP contribution in [0.4, 0.5) is 10.5 Å². The van der Waals surface area contributed by atoms with Gasteiger partial charge in [-0.2, -0.15) is 0 Å². The normalized spacial score (nSPS) is 17.7. The number of urea groups is 1. The number of aromatic nitrogens is 3. The number of benzene rings is 3. The van der Waals surface area contributed by atoms with Gasteiger partial charge >= 0.3 is 11.7 Å². The van der Waals surface area contributed by atoms with Crippen LogP contribution in [-0.2, 0) is 17.6 Å². The van der Waals surface area contributed by atoms with Crippen LogP contribution in [0.3, 0.4) is 0 Å². The Balaban J connectivity index is 1.14. The van der Waals surface area contributed by atoms with Crippen LogP contribution in [0.2, 0.25) is 5.02 Å². The van der Waals surface area contributed by atoms with Gasteiger partial charge in [-0.05, 0) is 80.7 Å². The molecule has 3 N–H and O–H groups in total. The summed E-state index contributed by atoms with van der Waals surface area (Å²) in [6.07, 6.45) is 4.32. The number of para-hydroxylation sites is 3. The zero-order chi connectivity index (χ0) is 32.7. The maximum absolute atomic E-state index is 14.6. The molecule has 0 saturated carbocycles. The van der Waals surface area contributed by atoms with E-state index in [4.69, 9.17) is 11.6 Å². The molecule has 7 rings (SSSR count). The van der Waals surface area contributed by atoms with E-state index in [1.54, 1.807) is 4.90 Å². The molecule has 2 aliphatic heterocycles. The molecule has 3 amide bonds. The zero-order valence-corrected chi connectivity index (χ0v) is 27.5. The first-order valence-corrected chi connectivity index (χ1v) is 16.7. The number of fused-ring (bicyclic) bond motifs is 3. The van der Waals surface area contributed by atoms with Gasteiger partial charge in [0.1, 0.15) is 6.04 Å². The standard InChI is InChI=1S/C36H40ClN7O3/c1-41(2)21-23-18-27-28(37)9-7-13-32(27)43(22-23)34(45)31(19-24-20-38-29-10-4-3-8-26(24)29)40-35(46)42-16-14-25(15-17-42)44-33-12-6-5-11-30(33)39-36(44)47/h3-13,20,23,25,31,38H,14-19,21-22H2,1-2H3,(H,39,47)(H,40,46)/t23-,31-/m1/s1. The Hall–Kier alpha value is -4.54. The molecule has 3 aromatic carbocycles. The molecule has 244 valence electrons.